The molecule has 1 aliphatic carbocycles. The minimum Gasteiger partial charge on any atom is -0.369 e. The molecule has 3 aromatic rings. The summed E-state index contributed by atoms with van der Waals surface area (Å²) >= 11 is 0. The zero-order valence-corrected chi connectivity index (χ0v) is 19.7. The lowest BCUT2D eigenvalue weighted by Crippen LogP contribution is -2.43. The summed E-state index contributed by atoms with van der Waals surface area (Å²) in [4.78, 5) is 13.0. The predicted octanol–water partition coefficient (Wildman–Crippen LogP) is 5.08. The quantitative estimate of drug-likeness (QED) is 0.365. The molecule has 4 rings (SSSR count). The highest BCUT2D eigenvalue weighted by Gasteiger charge is 2.40. The second-order valence-electron chi connectivity index (χ2n) is 9.27. The van der Waals surface area contributed by atoms with E-state index in [9.17, 15) is 4.79 Å². The fourth-order valence-corrected chi connectivity index (χ4v) is 5.26. The Labute approximate surface area is 197 Å². The smallest absolute Gasteiger partial charge is 0.253 e. The largest absolute Gasteiger partial charge is 0.369 e. The molecule has 1 amide bonds. The molecule has 0 unspecified atom stereocenters. The van der Waals surface area contributed by atoms with E-state index in [2.05, 4.69) is 40.6 Å². The van der Waals surface area contributed by atoms with E-state index in [-0.39, 0.29) is 5.91 Å². The number of carbonyl (C=O) groups excluding carboxylic acids is 1. The molecule has 0 spiro atoms. The second kappa shape index (κ2) is 10.7. The highest BCUT2D eigenvalue weighted by molar-refractivity contribution is 5.90. The van der Waals surface area contributed by atoms with Gasteiger partial charge >= 0.3 is 0 Å². The summed E-state index contributed by atoms with van der Waals surface area (Å²) in [7, 11) is 0. The molecule has 0 atom stereocenters. The van der Waals surface area contributed by atoms with Gasteiger partial charge in [-0.05, 0) is 36.0 Å². The Morgan fingerprint density at radius 1 is 1.03 bits per heavy atom. The van der Waals surface area contributed by atoms with Gasteiger partial charge < -0.3 is 5.73 Å². The zero-order valence-electron chi connectivity index (χ0n) is 19.7. The van der Waals surface area contributed by atoms with Crippen LogP contribution in [-0.4, -0.2) is 10.5 Å². The van der Waals surface area contributed by atoms with Crippen LogP contribution in [0.25, 0.3) is 0 Å². The molecule has 1 aromatic heterocycles. The van der Waals surface area contributed by atoms with Gasteiger partial charge in [-0.15, -0.1) is 0 Å². The van der Waals surface area contributed by atoms with Crippen molar-refractivity contribution in [3.8, 4) is 0 Å². The predicted molar refractivity (Wildman–Crippen MR) is 133 cm³/mol. The van der Waals surface area contributed by atoms with Crippen LogP contribution in [0.3, 0.4) is 0 Å². The maximum Gasteiger partial charge on any atom is 0.253 e. The van der Waals surface area contributed by atoms with E-state index in [0.717, 1.165) is 23.6 Å². The van der Waals surface area contributed by atoms with E-state index in [1.54, 1.807) is 0 Å². The molecule has 33 heavy (non-hydrogen) atoms. The van der Waals surface area contributed by atoms with Gasteiger partial charge in [0, 0.05) is 13.3 Å². The van der Waals surface area contributed by atoms with Crippen LogP contribution in [0.15, 0.2) is 85.2 Å². The van der Waals surface area contributed by atoms with E-state index >= 15 is 0 Å². The van der Waals surface area contributed by atoms with Gasteiger partial charge in [-0.25, -0.2) is 9.13 Å². The normalized spacial score (nSPS) is 15.2. The molecule has 0 saturated heterocycles. The maximum absolute atomic E-state index is 13.0. The van der Waals surface area contributed by atoms with Gasteiger partial charge in [0.05, 0.1) is 6.54 Å². The number of allylic oxidation sites excluding steroid dienone is 2. The number of hydrogen-bond acceptors (Lipinski definition) is 1. The Bertz CT molecular complexity index is 1020. The lowest BCUT2D eigenvalue weighted by Gasteiger charge is -2.31. The fraction of sp³-hybridized carbons (Fsp3) is 0.379. The number of amides is 1. The van der Waals surface area contributed by atoms with Crippen molar-refractivity contribution in [1.29, 1.82) is 0 Å². The van der Waals surface area contributed by atoms with E-state index in [4.69, 9.17) is 5.73 Å². The Morgan fingerprint density at radius 2 is 1.64 bits per heavy atom. The average Bonchev–Trinajstić information content (AvgIpc) is 3.21. The number of nitrogens with zero attached hydrogens (tertiary/aromatic N) is 2. The molecule has 172 valence electrons. The molecule has 0 radical (unpaired) electrons. The van der Waals surface area contributed by atoms with Crippen LogP contribution in [0.4, 0.5) is 0 Å². The van der Waals surface area contributed by atoms with Gasteiger partial charge in [-0.1, -0.05) is 86.0 Å². The topological polar surface area (TPSA) is 51.9 Å². The molecular formula is C29H36N3O+. The van der Waals surface area contributed by atoms with Crippen LogP contribution in [-0.2, 0) is 23.3 Å². The fourth-order valence-electron chi connectivity index (χ4n) is 5.26. The molecule has 2 N–H and O–H groups in total. The second-order valence-corrected chi connectivity index (χ2v) is 9.27. The Hall–Kier alpha value is -3.14. The Balaban J connectivity index is 1.54. The van der Waals surface area contributed by atoms with Crippen molar-refractivity contribution in [2.24, 2.45) is 11.7 Å². The molecule has 0 bridgehead atoms. The van der Waals surface area contributed by atoms with Gasteiger partial charge in [-0.2, -0.15) is 0 Å². The summed E-state index contributed by atoms with van der Waals surface area (Å²) in [5.41, 5.74) is 7.13. The number of nitrogens with two attached hydrogens (primary N) is 1. The van der Waals surface area contributed by atoms with Crippen molar-refractivity contribution in [2.75, 3.05) is 0 Å². The molecule has 0 aliphatic heterocycles. The lowest BCUT2D eigenvalue weighted by molar-refractivity contribution is -0.692. The van der Waals surface area contributed by atoms with Gasteiger partial charge in [0.25, 0.3) is 5.82 Å². The van der Waals surface area contributed by atoms with Crippen LogP contribution >= 0.6 is 0 Å². The summed E-state index contributed by atoms with van der Waals surface area (Å²) in [6, 6.07) is 19.9. The van der Waals surface area contributed by atoms with Crippen LogP contribution in [0.2, 0.25) is 0 Å². The Morgan fingerprint density at radius 3 is 2.21 bits per heavy atom. The number of imidazole rings is 1. The average molecular weight is 443 g/mol. The minimum absolute atomic E-state index is 0.312. The standard InChI is InChI=1S/C29H35N3O/c1-24-31(20-11-14-25-12-5-2-6-13-25)22-23-32(24)21-19-29(28(30)33,26-15-7-3-8-16-26)27-17-9-4-10-18-27/h3-4,7-11,14-18,22-23,25H,2,5-6,12-13,19-21H2,1H3,(H-,30,33)/p+1/b14-11+. The van der Waals surface area contributed by atoms with Gasteiger partial charge in [0.1, 0.15) is 24.4 Å². The van der Waals surface area contributed by atoms with Crippen LogP contribution in [0, 0.1) is 12.8 Å². The maximum atomic E-state index is 13.0. The monoisotopic (exact) mass is 442 g/mol. The molecule has 1 fully saturated rings. The third-order valence-corrected chi connectivity index (χ3v) is 7.30. The number of rotatable bonds is 9. The summed E-state index contributed by atoms with van der Waals surface area (Å²) < 4.78 is 4.51. The highest BCUT2D eigenvalue weighted by Crippen LogP contribution is 2.36. The van der Waals surface area contributed by atoms with Crippen LogP contribution in [0.5, 0.6) is 0 Å². The van der Waals surface area contributed by atoms with Gasteiger partial charge in [-0.3, -0.25) is 4.79 Å². The third-order valence-electron chi connectivity index (χ3n) is 7.30. The first-order valence-electron chi connectivity index (χ1n) is 12.2. The first-order chi connectivity index (χ1) is 16.1. The van der Waals surface area contributed by atoms with E-state index in [0.29, 0.717) is 13.0 Å². The van der Waals surface area contributed by atoms with Crippen molar-refractivity contribution >= 4 is 5.91 Å². The highest BCUT2D eigenvalue weighted by atomic mass is 16.1. The number of aromatic nitrogens is 2. The molecule has 1 saturated carbocycles. The SMILES string of the molecule is Cc1n(CCC(C(N)=O)(c2ccccc2)c2ccccc2)cc[n+]1C/C=C/C1CCCCC1. The van der Waals surface area contributed by atoms with Gasteiger partial charge in [0.15, 0.2) is 0 Å². The zero-order chi connectivity index (χ0) is 23.1. The molecule has 2 aromatic carbocycles. The minimum atomic E-state index is -0.870. The molecule has 1 heterocycles. The third kappa shape index (κ3) is 5.11. The van der Waals surface area contributed by atoms with Crippen molar-refractivity contribution in [3.63, 3.8) is 0 Å². The number of benzene rings is 2. The summed E-state index contributed by atoms with van der Waals surface area (Å²) in [6.45, 7) is 3.73. The molecule has 4 nitrogen and oxygen atoms in total. The first kappa shape index (κ1) is 23.0. The molecule has 1 aliphatic rings. The van der Waals surface area contributed by atoms with Crippen molar-refractivity contribution < 1.29 is 9.36 Å². The van der Waals surface area contributed by atoms with E-state index in [1.807, 2.05) is 60.7 Å². The van der Waals surface area contributed by atoms with Crippen molar-refractivity contribution in [1.82, 2.24) is 4.57 Å². The first-order valence-corrected chi connectivity index (χ1v) is 12.2. The molecule has 4 heteroatoms. The lowest BCUT2D eigenvalue weighted by atomic mass is 9.71. The van der Waals surface area contributed by atoms with Crippen molar-refractivity contribution in [3.05, 3.63) is 102 Å². The van der Waals surface area contributed by atoms with Crippen molar-refractivity contribution in [2.45, 2.75) is 64.0 Å². The molecular weight excluding hydrogens is 406 g/mol. The van der Waals surface area contributed by atoms with Gasteiger partial charge in [0.2, 0.25) is 5.91 Å². The summed E-state index contributed by atoms with van der Waals surface area (Å²) in [5, 5.41) is 0. The number of primary amides is 1. The van der Waals surface area contributed by atoms with E-state index in [1.165, 1.54) is 37.9 Å². The van der Waals surface area contributed by atoms with E-state index < -0.39 is 5.41 Å². The summed E-state index contributed by atoms with van der Waals surface area (Å²) in [6.07, 6.45) is 16.3. The number of carbonyl (C=O) groups is 1. The number of aryl methyl sites for hydroxylation is 1. The Kier molecular flexibility index (Phi) is 7.43. The summed E-state index contributed by atoms with van der Waals surface area (Å²) in [5.74, 6) is 1.62. The van der Waals surface area contributed by atoms with Crippen LogP contribution in [0.1, 0.15) is 55.5 Å². The number of hydrogen-bond donors (Lipinski definition) is 1. The van der Waals surface area contributed by atoms with Crippen LogP contribution < -0.4 is 10.3 Å².